The number of nitrogens with zero attached hydrogens (tertiary/aromatic N) is 2. The molecule has 1 amide bonds. The normalized spacial score (nSPS) is 12.2. The maximum atomic E-state index is 11.0. The number of nitrogens with one attached hydrogen (secondary N) is 1. The molecule has 0 saturated heterocycles. The Bertz CT molecular complexity index is 552. The highest BCUT2D eigenvalue weighted by molar-refractivity contribution is 5.86. The van der Waals surface area contributed by atoms with Crippen molar-refractivity contribution in [1.29, 1.82) is 5.26 Å². The van der Waals surface area contributed by atoms with Crippen LogP contribution in [0.2, 0.25) is 0 Å². The van der Waals surface area contributed by atoms with E-state index in [0.717, 1.165) is 11.0 Å². The van der Waals surface area contributed by atoms with Gasteiger partial charge in [0.25, 0.3) is 0 Å². The molecule has 1 unspecified atom stereocenters. The lowest BCUT2D eigenvalue weighted by Gasteiger charge is -2.03. The summed E-state index contributed by atoms with van der Waals surface area (Å²) >= 11 is 0. The zero-order valence-electron chi connectivity index (χ0n) is 7.77. The Morgan fingerprint density at radius 3 is 3.13 bits per heavy atom. The Kier molecular flexibility index (Phi) is 2.10. The lowest BCUT2D eigenvalue weighted by molar-refractivity contribution is -0.118. The Labute approximate surface area is 85.5 Å². The van der Waals surface area contributed by atoms with Gasteiger partial charge < -0.3 is 10.7 Å². The van der Waals surface area contributed by atoms with Crippen molar-refractivity contribution < 1.29 is 4.79 Å². The number of hydrogen-bond acceptors (Lipinski definition) is 3. The van der Waals surface area contributed by atoms with Gasteiger partial charge in [-0.3, -0.25) is 4.79 Å². The van der Waals surface area contributed by atoms with E-state index in [0.29, 0.717) is 5.56 Å². The van der Waals surface area contributed by atoms with Crippen LogP contribution in [0.4, 0.5) is 0 Å². The van der Waals surface area contributed by atoms with Crippen LogP contribution in [0.25, 0.3) is 11.0 Å². The lowest BCUT2D eigenvalue weighted by Crippen LogP contribution is -2.20. The van der Waals surface area contributed by atoms with Gasteiger partial charge in [0.1, 0.15) is 5.65 Å². The minimum absolute atomic E-state index is 0.525. The van der Waals surface area contributed by atoms with Crippen molar-refractivity contribution in [2.45, 2.75) is 5.92 Å². The van der Waals surface area contributed by atoms with Crippen molar-refractivity contribution in [2.75, 3.05) is 0 Å². The van der Waals surface area contributed by atoms with Gasteiger partial charge in [0.05, 0.1) is 6.07 Å². The van der Waals surface area contributed by atoms with Crippen LogP contribution >= 0.6 is 0 Å². The smallest absolute Gasteiger partial charge is 0.239 e. The molecule has 2 heterocycles. The van der Waals surface area contributed by atoms with Crippen molar-refractivity contribution in [3.05, 3.63) is 30.1 Å². The van der Waals surface area contributed by atoms with Gasteiger partial charge in [-0.1, -0.05) is 0 Å². The third kappa shape index (κ3) is 1.53. The first-order valence-electron chi connectivity index (χ1n) is 4.34. The van der Waals surface area contributed by atoms with E-state index in [4.69, 9.17) is 11.0 Å². The quantitative estimate of drug-likeness (QED) is 0.745. The van der Waals surface area contributed by atoms with Crippen LogP contribution in [-0.4, -0.2) is 15.9 Å². The predicted octanol–water partition coefficient (Wildman–Crippen LogP) is 0.655. The molecule has 0 spiro atoms. The first-order chi connectivity index (χ1) is 7.22. The predicted molar refractivity (Wildman–Crippen MR) is 53.6 cm³/mol. The fourth-order valence-electron chi connectivity index (χ4n) is 1.42. The molecule has 2 rings (SSSR count). The summed E-state index contributed by atoms with van der Waals surface area (Å²) in [5, 5.41) is 9.64. The molecule has 0 radical (unpaired) electrons. The molecule has 0 aromatic carbocycles. The highest BCUT2D eigenvalue weighted by Gasteiger charge is 2.17. The second-order valence-electron chi connectivity index (χ2n) is 3.15. The van der Waals surface area contributed by atoms with E-state index in [1.54, 1.807) is 12.3 Å². The number of aromatic nitrogens is 2. The van der Waals surface area contributed by atoms with Crippen molar-refractivity contribution in [3.63, 3.8) is 0 Å². The molecule has 74 valence electrons. The number of hydrogen-bond donors (Lipinski definition) is 2. The third-order valence-corrected chi connectivity index (χ3v) is 2.17. The maximum Gasteiger partial charge on any atom is 0.239 e. The second kappa shape index (κ2) is 3.42. The van der Waals surface area contributed by atoms with Crippen molar-refractivity contribution >= 4 is 16.9 Å². The molecule has 5 heteroatoms. The molecular formula is C10H8N4O. The zero-order valence-corrected chi connectivity index (χ0v) is 7.77. The molecule has 2 aromatic heterocycles. The summed E-state index contributed by atoms with van der Waals surface area (Å²) in [5.41, 5.74) is 6.35. The Morgan fingerprint density at radius 1 is 1.67 bits per heavy atom. The molecule has 3 N–H and O–H groups in total. The van der Waals surface area contributed by atoms with Gasteiger partial charge in [-0.2, -0.15) is 5.26 Å². The van der Waals surface area contributed by atoms with E-state index in [9.17, 15) is 4.79 Å². The van der Waals surface area contributed by atoms with Crippen LogP contribution in [0.5, 0.6) is 0 Å². The molecular weight excluding hydrogens is 192 g/mol. The molecule has 2 aromatic rings. The van der Waals surface area contributed by atoms with Crippen LogP contribution in [0.1, 0.15) is 11.5 Å². The Balaban J connectivity index is 2.52. The van der Waals surface area contributed by atoms with Crippen LogP contribution < -0.4 is 5.73 Å². The number of H-pyrrole nitrogens is 1. The first-order valence-corrected chi connectivity index (χ1v) is 4.34. The molecule has 0 aliphatic heterocycles. The van der Waals surface area contributed by atoms with Crippen LogP contribution in [0, 0.1) is 11.3 Å². The largest absolute Gasteiger partial charge is 0.368 e. The number of aromatic amines is 1. The summed E-state index contributed by atoms with van der Waals surface area (Å²) in [7, 11) is 0. The number of primary amides is 1. The SMILES string of the molecule is N#CC(C(N)=O)c1cnc2[nH]ccc2c1. The summed E-state index contributed by atoms with van der Waals surface area (Å²) in [6.07, 6.45) is 3.23. The van der Waals surface area contributed by atoms with Gasteiger partial charge in [0, 0.05) is 17.8 Å². The standard InChI is InChI=1S/C10H8N4O/c11-4-8(9(12)15)7-3-6-1-2-13-10(6)14-5-7/h1-3,5,8H,(H2,12,15)(H,13,14). The molecule has 0 saturated carbocycles. The molecule has 15 heavy (non-hydrogen) atoms. The number of carbonyl (C=O) groups excluding carboxylic acids is 1. The molecule has 0 fully saturated rings. The average Bonchev–Trinajstić information content (AvgIpc) is 2.65. The van der Waals surface area contributed by atoms with E-state index in [1.807, 2.05) is 12.1 Å². The van der Waals surface area contributed by atoms with E-state index < -0.39 is 11.8 Å². The second-order valence-corrected chi connectivity index (χ2v) is 3.15. The van der Waals surface area contributed by atoms with E-state index in [-0.39, 0.29) is 0 Å². The topological polar surface area (TPSA) is 95.6 Å². The summed E-state index contributed by atoms with van der Waals surface area (Å²) in [6.45, 7) is 0. The molecule has 5 nitrogen and oxygen atoms in total. The minimum atomic E-state index is -0.934. The van der Waals surface area contributed by atoms with Gasteiger partial charge in [0.2, 0.25) is 5.91 Å². The first kappa shape index (κ1) is 9.21. The Morgan fingerprint density at radius 2 is 2.47 bits per heavy atom. The highest BCUT2D eigenvalue weighted by atomic mass is 16.1. The molecule has 1 atom stereocenters. The van der Waals surface area contributed by atoms with Crippen molar-refractivity contribution in [1.82, 2.24) is 9.97 Å². The van der Waals surface area contributed by atoms with Gasteiger partial charge >= 0.3 is 0 Å². The number of rotatable bonds is 2. The molecule has 0 bridgehead atoms. The summed E-state index contributed by atoms with van der Waals surface area (Å²) in [4.78, 5) is 18.0. The maximum absolute atomic E-state index is 11.0. The van der Waals surface area contributed by atoms with Crippen LogP contribution in [0.3, 0.4) is 0 Å². The fourth-order valence-corrected chi connectivity index (χ4v) is 1.42. The molecule has 0 aliphatic rings. The summed E-state index contributed by atoms with van der Waals surface area (Å²) in [5.74, 6) is -1.59. The van der Waals surface area contributed by atoms with Gasteiger partial charge in [-0.15, -0.1) is 0 Å². The van der Waals surface area contributed by atoms with Crippen molar-refractivity contribution in [2.24, 2.45) is 5.73 Å². The average molecular weight is 200 g/mol. The van der Waals surface area contributed by atoms with Crippen molar-refractivity contribution in [3.8, 4) is 6.07 Å². The number of pyridine rings is 1. The van der Waals surface area contributed by atoms with E-state index in [2.05, 4.69) is 9.97 Å². The van der Waals surface area contributed by atoms with Gasteiger partial charge in [-0.05, 0) is 17.7 Å². The highest BCUT2D eigenvalue weighted by Crippen LogP contribution is 2.18. The number of nitriles is 1. The van der Waals surface area contributed by atoms with E-state index in [1.165, 1.54) is 6.20 Å². The van der Waals surface area contributed by atoms with E-state index >= 15 is 0 Å². The van der Waals surface area contributed by atoms with Crippen LogP contribution in [0.15, 0.2) is 24.5 Å². The van der Waals surface area contributed by atoms with Gasteiger partial charge in [-0.25, -0.2) is 4.98 Å². The minimum Gasteiger partial charge on any atom is -0.368 e. The summed E-state index contributed by atoms with van der Waals surface area (Å²) < 4.78 is 0. The summed E-state index contributed by atoms with van der Waals surface area (Å²) in [6, 6.07) is 5.40. The zero-order chi connectivity index (χ0) is 10.8. The number of carbonyl (C=O) groups is 1. The number of nitrogens with two attached hydrogens (primary N) is 1. The number of amides is 1. The molecule has 0 aliphatic carbocycles. The van der Waals surface area contributed by atoms with Crippen LogP contribution in [-0.2, 0) is 4.79 Å². The van der Waals surface area contributed by atoms with Gasteiger partial charge in [0.15, 0.2) is 5.92 Å². The fraction of sp³-hybridized carbons (Fsp3) is 0.100. The Hall–Kier alpha value is -2.35. The lowest BCUT2D eigenvalue weighted by atomic mass is 10.0. The third-order valence-electron chi connectivity index (χ3n) is 2.17. The number of fused-ring (bicyclic) bond motifs is 1. The monoisotopic (exact) mass is 200 g/mol.